The Labute approximate surface area is 120 Å². The van der Waals surface area contributed by atoms with Crippen molar-refractivity contribution in [3.05, 3.63) is 11.8 Å². The van der Waals surface area contributed by atoms with Gasteiger partial charge in [-0.25, -0.2) is 4.98 Å². The molecule has 0 fully saturated rings. The van der Waals surface area contributed by atoms with Crippen LogP contribution >= 0.6 is 11.6 Å². The van der Waals surface area contributed by atoms with E-state index in [1.807, 2.05) is 26.8 Å². The van der Waals surface area contributed by atoms with Crippen molar-refractivity contribution >= 4 is 17.5 Å². The summed E-state index contributed by atoms with van der Waals surface area (Å²) in [5.74, 6) is 1.82. The van der Waals surface area contributed by atoms with Crippen molar-refractivity contribution in [3.63, 3.8) is 0 Å². The molecule has 0 saturated carbocycles. The molecular weight excluding hydrogens is 262 g/mol. The number of anilines is 1. The Morgan fingerprint density at radius 3 is 2.63 bits per heavy atom. The van der Waals surface area contributed by atoms with Gasteiger partial charge in [-0.15, -0.1) is 11.6 Å². The molecule has 1 aromatic rings. The number of ether oxygens (including phenoxy) is 1. The molecule has 1 atom stereocenters. The van der Waals surface area contributed by atoms with Crippen LogP contribution in [-0.2, 0) is 0 Å². The fourth-order valence-corrected chi connectivity index (χ4v) is 2.12. The molecule has 5 heteroatoms. The second-order valence-electron chi connectivity index (χ2n) is 5.32. The Hall–Kier alpha value is -1.03. The average Bonchev–Trinajstić information content (AvgIpc) is 2.27. The highest BCUT2D eigenvalue weighted by molar-refractivity contribution is 6.17. The quantitative estimate of drug-likeness (QED) is 0.775. The minimum absolute atomic E-state index is 0.0926. The third-order valence-electron chi connectivity index (χ3n) is 3.03. The normalized spacial score (nSPS) is 14.3. The van der Waals surface area contributed by atoms with E-state index in [0.29, 0.717) is 17.7 Å². The van der Waals surface area contributed by atoms with Gasteiger partial charge in [-0.3, -0.25) is 0 Å². The van der Waals surface area contributed by atoms with Gasteiger partial charge in [0, 0.05) is 23.2 Å². The van der Waals surface area contributed by atoms with Crippen LogP contribution in [0.15, 0.2) is 6.07 Å². The number of halogens is 1. The second kappa shape index (κ2) is 6.94. The SMILES string of the molecule is CCC(C)(CCCl)Nc1nc(C)cc(OC(C)C)n1. The smallest absolute Gasteiger partial charge is 0.226 e. The molecule has 1 N–H and O–H groups in total. The zero-order chi connectivity index (χ0) is 14.5. The molecule has 0 aromatic carbocycles. The standard InChI is InChI=1S/C14H24ClN3O/c1-6-14(5,7-8-15)18-13-16-11(4)9-12(17-13)19-10(2)3/h9-10H,6-8H2,1-5H3,(H,16,17,18). The molecule has 0 saturated heterocycles. The summed E-state index contributed by atoms with van der Waals surface area (Å²) in [4.78, 5) is 8.81. The van der Waals surface area contributed by atoms with E-state index in [4.69, 9.17) is 16.3 Å². The topological polar surface area (TPSA) is 47.0 Å². The molecule has 108 valence electrons. The zero-order valence-electron chi connectivity index (χ0n) is 12.5. The summed E-state index contributed by atoms with van der Waals surface area (Å²) in [6.45, 7) is 10.2. The summed E-state index contributed by atoms with van der Waals surface area (Å²) in [6, 6.07) is 1.84. The molecule has 1 aromatic heterocycles. The van der Waals surface area contributed by atoms with Crippen molar-refractivity contribution < 1.29 is 4.74 Å². The lowest BCUT2D eigenvalue weighted by Gasteiger charge is -2.29. The zero-order valence-corrected chi connectivity index (χ0v) is 13.2. The first-order chi connectivity index (χ1) is 8.88. The van der Waals surface area contributed by atoms with Gasteiger partial charge in [0.2, 0.25) is 11.8 Å². The summed E-state index contributed by atoms with van der Waals surface area (Å²) in [5, 5.41) is 3.37. The lowest BCUT2D eigenvalue weighted by molar-refractivity contribution is 0.232. The maximum Gasteiger partial charge on any atom is 0.226 e. The van der Waals surface area contributed by atoms with Gasteiger partial charge < -0.3 is 10.1 Å². The Morgan fingerprint density at radius 2 is 2.11 bits per heavy atom. The monoisotopic (exact) mass is 285 g/mol. The van der Waals surface area contributed by atoms with Crippen LogP contribution in [0.4, 0.5) is 5.95 Å². The summed E-state index contributed by atoms with van der Waals surface area (Å²) in [6.07, 6.45) is 1.92. The number of aromatic nitrogens is 2. The number of aryl methyl sites for hydroxylation is 1. The molecule has 1 heterocycles. The lowest BCUT2D eigenvalue weighted by Crippen LogP contribution is -2.35. The molecule has 0 radical (unpaired) electrons. The van der Waals surface area contributed by atoms with Crippen molar-refractivity contribution in [2.24, 2.45) is 0 Å². The largest absolute Gasteiger partial charge is 0.475 e. The predicted molar refractivity (Wildman–Crippen MR) is 80.2 cm³/mol. The molecule has 1 rings (SSSR count). The van der Waals surface area contributed by atoms with E-state index in [0.717, 1.165) is 18.5 Å². The van der Waals surface area contributed by atoms with E-state index >= 15 is 0 Å². The second-order valence-corrected chi connectivity index (χ2v) is 5.69. The van der Waals surface area contributed by atoms with Gasteiger partial charge in [0.25, 0.3) is 0 Å². The Balaban J connectivity index is 2.90. The third kappa shape index (κ3) is 5.23. The van der Waals surface area contributed by atoms with Gasteiger partial charge in [0.1, 0.15) is 0 Å². The molecular formula is C14H24ClN3O. The van der Waals surface area contributed by atoms with Gasteiger partial charge in [-0.2, -0.15) is 4.98 Å². The lowest BCUT2D eigenvalue weighted by atomic mass is 9.96. The van der Waals surface area contributed by atoms with E-state index in [-0.39, 0.29) is 11.6 Å². The minimum Gasteiger partial charge on any atom is -0.475 e. The number of rotatable bonds is 7. The molecule has 0 spiro atoms. The highest BCUT2D eigenvalue weighted by atomic mass is 35.5. The number of nitrogens with zero attached hydrogens (tertiary/aromatic N) is 2. The van der Waals surface area contributed by atoms with Crippen LogP contribution in [0.1, 0.15) is 46.2 Å². The molecule has 0 amide bonds. The number of nitrogens with one attached hydrogen (secondary N) is 1. The van der Waals surface area contributed by atoms with E-state index in [2.05, 4.69) is 29.1 Å². The van der Waals surface area contributed by atoms with Crippen LogP contribution in [0.5, 0.6) is 5.88 Å². The van der Waals surface area contributed by atoms with Crippen LogP contribution in [0.3, 0.4) is 0 Å². The number of alkyl halides is 1. The van der Waals surface area contributed by atoms with Crippen LogP contribution in [0.2, 0.25) is 0 Å². The molecule has 19 heavy (non-hydrogen) atoms. The van der Waals surface area contributed by atoms with E-state index < -0.39 is 0 Å². The van der Waals surface area contributed by atoms with Crippen molar-refractivity contribution in [2.45, 2.75) is 59.1 Å². The van der Waals surface area contributed by atoms with Crippen LogP contribution in [-0.4, -0.2) is 27.5 Å². The molecule has 0 aliphatic rings. The molecule has 0 aliphatic heterocycles. The van der Waals surface area contributed by atoms with E-state index in [9.17, 15) is 0 Å². The first-order valence-corrected chi connectivity index (χ1v) is 7.28. The highest BCUT2D eigenvalue weighted by Crippen LogP contribution is 2.22. The fraction of sp³-hybridized carbons (Fsp3) is 0.714. The highest BCUT2D eigenvalue weighted by Gasteiger charge is 2.22. The average molecular weight is 286 g/mol. The molecule has 0 aliphatic carbocycles. The van der Waals surface area contributed by atoms with Gasteiger partial charge in [-0.1, -0.05) is 6.92 Å². The summed E-state index contributed by atoms with van der Waals surface area (Å²) < 4.78 is 5.63. The first-order valence-electron chi connectivity index (χ1n) is 6.75. The predicted octanol–water partition coefficient (Wildman–Crippen LogP) is 3.78. The van der Waals surface area contributed by atoms with Crippen LogP contribution < -0.4 is 10.1 Å². The fourth-order valence-electron chi connectivity index (χ4n) is 1.70. The Morgan fingerprint density at radius 1 is 1.42 bits per heavy atom. The van der Waals surface area contributed by atoms with Crippen molar-refractivity contribution in [2.75, 3.05) is 11.2 Å². The molecule has 0 bridgehead atoms. The van der Waals surface area contributed by atoms with E-state index in [1.54, 1.807) is 0 Å². The van der Waals surface area contributed by atoms with Crippen LogP contribution in [0.25, 0.3) is 0 Å². The van der Waals surface area contributed by atoms with Gasteiger partial charge in [0.15, 0.2) is 0 Å². The van der Waals surface area contributed by atoms with E-state index in [1.165, 1.54) is 0 Å². The Bertz CT molecular complexity index is 412. The summed E-state index contributed by atoms with van der Waals surface area (Å²) in [5.41, 5.74) is 0.794. The Kier molecular flexibility index (Phi) is 5.85. The third-order valence-corrected chi connectivity index (χ3v) is 3.22. The van der Waals surface area contributed by atoms with Crippen molar-refractivity contribution in [3.8, 4) is 5.88 Å². The van der Waals surface area contributed by atoms with Gasteiger partial charge >= 0.3 is 0 Å². The van der Waals surface area contributed by atoms with Crippen molar-refractivity contribution in [1.82, 2.24) is 9.97 Å². The maximum atomic E-state index is 5.86. The van der Waals surface area contributed by atoms with Crippen LogP contribution in [0, 0.1) is 6.92 Å². The number of hydrogen-bond acceptors (Lipinski definition) is 4. The van der Waals surface area contributed by atoms with Crippen molar-refractivity contribution in [1.29, 1.82) is 0 Å². The summed E-state index contributed by atoms with van der Waals surface area (Å²) in [7, 11) is 0. The maximum absolute atomic E-state index is 5.86. The number of hydrogen-bond donors (Lipinski definition) is 1. The minimum atomic E-state index is -0.0926. The molecule has 1 unspecified atom stereocenters. The first kappa shape index (κ1) is 16.0. The van der Waals surface area contributed by atoms with Gasteiger partial charge in [0.05, 0.1) is 6.10 Å². The molecule has 4 nitrogen and oxygen atoms in total. The van der Waals surface area contributed by atoms with Gasteiger partial charge in [-0.05, 0) is 40.5 Å². The summed E-state index contributed by atoms with van der Waals surface area (Å²) >= 11 is 5.86.